The highest BCUT2D eigenvalue weighted by molar-refractivity contribution is 7.99. The van der Waals surface area contributed by atoms with Gasteiger partial charge in [0.15, 0.2) is 0 Å². The van der Waals surface area contributed by atoms with E-state index in [-0.39, 0.29) is 0 Å². The van der Waals surface area contributed by atoms with E-state index in [9.17, 15) is 14.7 Å². The summed E-state index contributed by atoms with van der Waals surface area (Å²) in [5, 5.41) is 10.1. The first-order valence-corrected chi connectivity index (χ1v) is 13.2. The van der Waals surface area contributed by atoms with Gasteiger partial charge in [-0.15, -0.1) is 0 Å². The van der Waals surface area contributed by atoms with E-state index in [4.69, 9.17) is 27.9 Å². The molecule has 0 aromatic heterocycles. The van der Waals surface area contributed by atoms with Crippen molar-refractivity contribution in [2.45, 2.75) is 69.1 Å². The van der Waals surface area contributed by atoms with Crippen molar-refractivity contribution >= 4 is 47.2 Å². The van der Waals surface area contributed by atoms with E-state index in [2.05, 4.69) is 4.72 Å². The van der Waals surface area contributed by atoms with Crippen molar-refractivity contribution in [2.75, 3.05) is 0 Å². The van der Waals surface area contributed by atoms with Gasteiger partial charge >= 0.3 is 12.1 Å². The smallest absolute Gasteiger partial charge is 0.417 e. The Labute approximate surface area is 215 Å². The quantitative estimate of drug-likeness (QED) is 0.327. The summed E-state index contributed by atoms with van der Waals surface area (Å²) in [6.07, 6.45) is 4.76. The molecule has 2 N–H and O–H groups in total. The Morgan fingerprint density at radius 3 is 2.38 bits per heavy atom. The number of hydrogen-bond donors (Lipinski definition) is 2. The number of carbonyl (C=O) groups is 2. The number of aliphatic carboxylic acids is 1. The summed E-state index contributed by atoms with van der Waals surface area (Å²) in [6, 6.07) is 14.6. The fourth-order valence-electron chi connectivity index (χ4n) is 4.49. The van der Waals surface area contributed by atoms with Gasteiger partial charge in [0.25, 0.3) is 0 Å². The van der Waals surface area contributed by atoms with E-state index in [0.717, 1.165) is 48.8 Å². The standard InChI is InChI=1S/C26H31Cl2NO4S/c1-26(2,19-9-6-10-21(28)16-19)23(18-11-13-20(27)14-12-18)33-25(32)29-34-22(24(30)31)15-17-7-4-3-5-8-17/h6,9-14,16-17,22-23H,3-5,7-8,15H2,1-2H3,(H,29,32)(H,30,31)/t22-,23?/m0/s1. The van der Waals surface area contributed by atoms with Crippen LogP contribution in [-0.2, 0) is 14.9 Å². The van der Waals surface area contributed by atoms with Crippen LogP contribution in [0.3, 0.4) is 0 Å². The highest BCUT2D eigenvalue weighted by Crippen LogP contribution is 2.41. The molecule has 34 heavy (non-hydrogen) atoms. The number of carbonyl (C=O) groups excluding carboxylic acids is 1. The SMILES string of the molecule is CC(C)(c1cccc(Cl)c1)C(OC(=O)NS[C@@H](CC1CCCCC1)C(=O)O)c1ccc(Cl)cc1. The average molecular weight is 525 g/mol. The number of nitrogens with one attached hydrogen (secondary N) is 1. The number of ether oxygens (including phenoxy) is 1. The van der Waals surface area contributed by atoms with Crippen LogP contribution in [0.5, 0.6) is 0 Å². The summed E-state index contributed by atoms with van der Waals surface area (Å²) < 4.78 is 8.53. The van der Waals surface area contributed by atoms with Gasteiger partial charge in [-0.2, -0.15) is 0 Å². The number of rotatable bonds is 9. The zero-order valence-corrected chi connectivity index (χ0v) is 21.8. The van der Waals surface area contributed by atoms with Crippen molar-refractivity contribution in [1.29, 1.82) is 0 Å². The van der Waals surface area contributed by atoms with Crippen molar-refractivity contribution in [1.82, 2.24) is 4.72 Å². The molecule has 0 aliphatic heterocycles. The number of hydrogen-bond acceptors (Lipinski definition) is 4. The van der Waals surface area contributed by atoms with Crippen LogP contribution in [0.15, 0.2) is 48.5 Å². The summed E-state index contributed by atoms with van der Waals surface area (Å²) in [5.74, 6) is -0.548. The largest absolute Gasteiger partial charge is 0.480 e. The van der Waals surface area contributed by atoms with Crippen LogP contribution in [-0.4, -0.2) is 22.4 Å². The van der Waals surface area contributed by atoms with E-state index in [0.29, 0.717) is 22.4 Å². The molecule has 1 aliphatic rings. The Morgan fingerprint density at radius 2 is 1.76 bits per heavy atom. The van der Waals surface area contributed by atoms with Gasteiger partial charge in [-0.05, 0) is 59.7 Å². The Kier molecular flexibility index (Phi) is 9.57. The molecule has 0 saturated heterocycles. The topological polar surface area (TPSA) is 75.6 Å². The second-order valence-electron chi connectivity index (χ2n) is 9.36. The minimum Gasteiger partial charge on any atom is -0.480 e. The molecule has 1 saturated carbocycles. The van der Waals surface area contributed by atoms with Gasteiger partial charge in [0.1, 0.15) is 11.4 Å². The zero-order valence-electron chi connectivity index (χ0n) is 19.4. The average Bonchev–Trinajstić information content (AvgIpc) is 2.81. The van der Waals surface area contributed by atoms with E-state index >= 15 is 0 Å². The molecule has 1 aliphatic carbocycles. The second-order valence-corrected chi connectivity index (χ2v) is 11.2. The van der Waals surface area contributed by atoms with Crippen LogP contribution < -0.4 is 4.72 Å². The van der Waals surface area contributed by atoms with E-state index < -0.39 is 28.8 Å². The van der Waals surface area contributed by atoms with Gasteiger partial charge in [-0.25, -0.2) is 4.79 Å². The highest BCUT2D eigenvalue weighted by atomic mass is 35.5. The molecule has 2 aromatic carbocycles. The molecular formula is C26H31Cl2NO4S. The van der Waals surface area contributed by atoms with Crippen molar-refractivity contribution in [3.05, 3.63) is 69.7 Å². The first-order valence-electron chi connectivity index (χ1n) is 11.5. The maximum absolute atomic E-state index is 12.9. The Bertz CT molecular complexity index is 977. The number of amides is 1. The summed E-state index contributed by atoms with van der Waals surface area (Å²) in [5.41, 5.74) is 1.04. The first-order chi connectivity index (χ1) is 16.2. The van der Waals surface area contributed by atoms with Crippen LogP contribution in [0.4, 0.5) is 4.79 Å². The highest BCUT2D eigenvalue weighted by Gasteiger charge is 2.36. The zero-order chi connectivity index (χ0) is 24.7. The third kappa shape index (κ3) is 7.30. The van der Waals surface area contributed by atoms with Gasteiger partial charge < -0.3 is 9.84 Å². The monoisotopic (exact) mass is 523 g/mol. The van der Waals surface area contributed by atoms with Crippen molar-refractivity contribution in [2.24, 2.45) is 5.92 Å². The lowest BCUT2D eigenvalue weighted by Gasteiger charge is -2.35. The molecule has 0 spiro atoms. The summed E-state index contributed by atoms with van der Waals surface area (Å²) in [6.45, 7) is 3.95. The molecule has 2 atom stereocenters. The van der Waals surface area contributed by atoms with Gasteiger partial charge in [-0.1, -0.05) is 93.4 Å². The lowest BCUT2D eigenvalue weighted by molar-refractivity contribution is -0.136. The maximum Gasteiger partial charge on any atom is 0.417 e. The normalized spacial score (nSPS) is 16.5. The molecule has 2 aromatic rings. The van der Waals surface area contributed by atoms with E-state index in [1.807, 2.05) is 44.2 Å². The third-order valence-electron chi connectivity index (χ3n) is 6.45. The molecule has 184 valence electrons. The molecule has 1 unspecified atom stereocenters. The van der Waals surface area contributed by atoms with E-state index in [1.54, 1.807) is 18.2 Å². The molecule has 3 rings (SSSR count). The fraction of sp³-hybridized carbons (Fsp3) is 0.462. The predicted molar refractivity (Wildman–Crippen MR) is 138 cm³/mol. The Balaban J connectivity index is 1.74. The lowest BCUT2D eigenvalue weighted by atomic mass is 9.76. The van der Waals surface area contributed by atoms with Crippen LogP contribution in [0.2, 0.25) is 10.0 Å². The fourth-order valence-corrected chi connectivity index (χ4v) is 5.56. The molecule has 1 fully saturated rings. The maximum atomic E-state index is 12.9. The third-order valence-corrected chi connectivity index (χ3v) is 7.90. The molecule has 0 heterocycles. The summed E-state index contributed by atoms with van der Waals surface area (Å²) in [7, 11) is 0. The van der Waals surface area contributed by atoms with Gasteiger partial charge in [-0.3, -0.25) is 9.52 Å². The van der Waals surface area contributed by atoms with Crippen LogP contribution in [0.25, 0.3) is 0 Å². The summed E-state index contributed by atoms with van der Waals surface area (Å²) in [4.78, 5) is 24.7. The van der Waals surface area contributed by atoms with Gasteiger partial charge in [0, 0.05) is 15.5 Å². The van der Waals surface area contributed by atoms with Gasteiger partial charge in [0.05, 0.1) is 0 Å². The number of carboxylic acids is 1. The van der Waals surface area contributed by atoms with Crippen LogP contribution in [0, 0.1) is 5.92 Å². The van der Waals surface area contributed by atoms with E-state index in [1.165, 1.54) is 6.42 Å². The van der Waals surface area contributed by atoms with Crippen LogP contribution in [0.1, 0.15) is 69.6 Å². The molecule has 5 nitrogen and oxygen atoms in total. The molecule has 0 bridgehead atoms. The summed E-state index contributed by atoms with van der Waals surface area (Å²) >= 11 is 13.2. The number of benzene rings is 2. The van der Waals surface area contributed by atoms with Crippen molar-refractivity contribution in [3.8, 4) is 0 Å². The lowest BCUT2D eigenvalue weighted by Crippen LogP contribution is -2.34. The van der Waals surface area contributed by atoms with Crippen molar-refractivity contribution < 1.29 is 19.4 Å². The molecule has 0 radical (unpaired) electrons. The minimum atomic E-state index is -0.926. The number of halogens is 2. The minimum absolute atomic E-state index is 0.378. The molecular weight excluding hydrogens is 493 g/mol. The number of carboxylic acid groups (broad SMARTS) is 1. The molecule has 1 amide bonds. The predicted octanol–water partition coefficient (Wildman–Crippen LogP) is 7.81. The van der Waals surface area contributed by atoms with Gasteiger partial charge in [0.2, 0.25) is 0 Å². The second kappa shape index (κ2) is 12.2. The first kappa shape index (κ1) is 26.7. The Hall–Kier alpha value is -1.89. The molecule has 8 heteroatoms. The Morgan fingerprint density at radius 1 is 1.09 bits per heavy atom. The van der Waals surface area contributed by atoms with Crippen molar-refractivity contribution in [3.63, 3.8) is 0 Å². The van der Waals surface area contributed by atoms with Crippen LogP contribution >= 0.6 is 35.1 Å².